The van der Waals surface area contributed by atoms with Crippen molar-refractivity contribution in [2.45, 2.75) is 76.9 Å². The molecule has 1 saturated carbocycles. The summed E-state index contributed by atoms with van der Waals surface area (Å²) in [7, 11) is 3.26. The molecule has 1 aliphatic rings. The van der Waals surface area contributed by atoms with Crippen LogP contribution >= 0.6 is 0 Å². The molecule has 1 fully saturated rings. The van der Waals surface area contributed by atoms with Gasteiger partial charge in [-0.2, -0.15) is 0 Å². The Morgan fingerprint density at radius 1 is 1.00 bits per heavy atom. The summed E-state index contributed by atoms with van der Waals surface area (Å²) in [4.78, 5) is 36.5. The van der Waals surface area contributed by atoms with Gasteiger partial charge in [-0.1, -0.05) is 43.5 Å². The molecule has 0 radical (unpaired) electrons. The molecule has 38 heavy (non-hydrogen) atoms. The predicted octanol–water partition coefficient (Wildman–Crippen LogP) is 6.10. The van der Waals surface area contributed by atoms with Gasteiger partial charge >= 0.3 is 12.1 Å². The van der Waals surface area contributed by atoms with Crippen LogP contribution in [0.1, 0.15) is 70.2 Å². The quantitative estimate of drug-likeness (QED) is 0.378. The van der Waals surface area contributed by atoms with Crippen LogP contribution in [0.4, 0.5) is 10.6 Å². The van der Waals surface area contributed by atoms with E-state index in [2.05, 4.69) is 5.32 Å². The number of hydrogen-bond acceptors (Lipinski definition) is 7. The van der Waals surface area contributed by atoms with E-state index in [0.717, 1.165) is 35.1 Å². The molecule has 0 unspecified atom stereocenters. The van der Waals surface area contributed by atoms with Crippen LogP contribution < -0.4 is 10.1 Å². The summed E-state index contributed by atoms with van der Waals surface area (Å²) >= 11 is 0. The van der Waals surface area contributed by atoms with Crippen molar-refractivity contribution in [3.63, 3.8) is 0 Å². The molecular weight excluding hydrogens is 480 g/mol. The van der Waals surface area contributed by atoms with Crippen molar-refractivity contribution in [1.82, 2.24) is 14.9 Å². The van der Waals surface area contributed by atoms with Gasteiger partial charge in [0.25, 0.3) is 0 Å². The van der Waals surface area contributed by atoms with E-state index in [1.807, 2.05) is 57.2 Å². The number of ether oxygens (including phenoxy) is 2. The Morgan fingerprint density at radius 2 is 1.68 bits per heavy atom. The molecule has 2 aromatic carbocycles. The molecule has 1 aromatic heterocycles. The van der Waals surface area contributed by atoms with Crippen LogP contribution in [-0.2, 0) is 16.0 Å². The summed E-state index contributed by atoms with van der Waals surface area (Å²) in [5.41, 5.74) is 1.12. The van der Waals surface area contributed by atoms with E-state index >= 15 is 0 Å². The number of esters is 1. The van der Waals surface area contributed by atoms with E-state index in [-0.39, 0.29) is 5.97 Å². The lowest BCUT2D eigenvalue weighted by Gasteiger charge is -2.26. The van der Waals surface area contributed by atoms with E-state index in [0.29, 0.717) is 23.9 Å². The van der Waals surface area contributed by atoms with E-state index in [9.17, 15) is 9.59 Å². The molecule has 1 heterocycles. The van der Waals surface area contributed by atoms with Crippen molar-refractivity contribution >= 4 is 28.8 Å². The minimum absolute atomic E-state index is 0.325. The summed E-state index contributed by atoms with van der Waals surface area (Å²) in [6.07, 6.45) is 5.71. The maximum Gasteiger partial charge on any atom is 0.414 e. The number of nitrogens with one attached hydrogen (secondary N) is 1. The summed E-state index contributed by atoms with van der Waals surface area (Å²) < 4.78 is 11.1. The number of nitrogens with zero attached hydrogens (tertiary/aromatic N) is 3. The van der Waals surface area contributed by atoms with Crippen molar-refractivity contribution in [1.29, 1.82) is 0 Å². The lowest BCUT2D eigenvalue weighted by atomic mass is 9.88. The first-order valence-electron chi connectivity index (χ1n) is 13.3. The molecule has 0 spiro atoms. The van der Waals surface area contributed by atoms with Crippen LogP contribution in [0, 0.1) is 0 Å². The van der Waals surface area contributed by atoms with Gasteiger partial charge in [-0.05, 0) is 63.4 Å². The molecular formula is C30H38N4O4. The van der Waals surface area contributed by atoms with Crippen molar-refractivity contribution in [3.05, 3.63) is 59.9 Å². The second-order valence-corrected chi connectivity index (χ2v) is 11.1. The third-order valence-corrected chi connectivity index (χ3v) is 6.53. The number of carbonyl (C=O) groups excluding carboxylic acids is 2. The highest BCUT2D eigenvalue weighted by Gasteiger charge is 2.28. The van der Waals surface area contributed by atoms with E-state index < -0.39 is 17.7 Å². The van der Waals surface area contributed by atoms with Crippen LogP contribution in [-0.4, -0.2) is 52.7 Å². The maximum atomic E-state index is 13.4. The number of aromatic nitrogens is 2. The smallest absolute Gasteiger partial charge is 0.414 e. The Balaban J connectivity index is 1.63. The zero-order valence-electron chi connectivity index (χ0n) is 23.0. The van der Waals surface area contributed by atoms with Crippen molar-refractivity contribution in [3.8, 4) is 5.75 Å². The zero-order valence-corrected chi connectivity index (χ0v) is 23.0. The van der Waals surface area contributed by atoms with E-state index in [1.165, 1.54) is 24.2 Å². The molecule has 3 aromatic rings. The molecule has 1 aliphatic carbocycles. The Bertz CT molecular complexity index is 1260. The topological polar surface area (TPSA) is 93.6 Å². The van der Waals surface area contributed by atoms with Crippen molar-refractivity contribution < 1.29 is 19.1 Å². The van der Waals surface area contributed by atoms with Crippen molar-refractivity contribution in [2.24, 2.45) is 0 Å². The maximum absolute atomic E-state index is 13.4. The lowest BCUT2D eigenvalue weighted by Crippen LogP contribution is -2.38. The number of fused-ring (bicyclic) bond motifs is 1. The number of rotatable bonds is 7. The Labute approximate surface area is 224 Å². The number of amides is 1. The van der Waals surface area contributed by atoms with Gasteiger partial charge in [-0.15, -0.1) is 0 Å². The number of para-hydroxylation sites is 1. The zero-order chi connectivity index (χ0) is 27.3. The summed E-state index contributed by atoms with van der Waals surface area (Å²) in [5, 5.41) is 4.28. The van der Waals surface area contributed by atoms with Gasteiger partial charge in [0.05, 0.1) is 5.52 Å². The molecule has 202 valence electrons. The second kappa shape index (κ2) is 11.8. The van der Waals surface area contributed by atoms with Crippen LogP contribution in [0.3, 0.4) is 0 Å². The van der Waals surface area contributed by atoms with Gasteiger partial charge in [-0.25, -0.2) is 19.6 Å². The van der Waals surface area contributed by atoms with Gasteiger partial charge in [0, 0.05) is 31.8 Å². The third-order valence-electron chi connectivity index (χ3n) is 6.53. The van der Waals surface area contributed by atoms with Gasteiger partial charge in [0.1, 0.15) is 29.0 Å². The minimum atomic E-state index is -0.679. The fraction of sp³-hybridized carbons (Fsp3) is 0.467. The van der Waals surface area contributed by atoms with Gasteiger partial charge in [-0.3, -0.25) is 0 Å². The SMILES string of the molecule is CN(C)C(=O)Oc1ccc(C[C@H](Nc2nc(C3CCCCC3)nc3ccccc23)C(=O)OC(C)(C)C)cc1. The van der Waals surface area contributed by atoms with Crippen LogP contribution in [0.25, 0.3) is 10.9 Å². The molecule has 4 rings (SSSR count). The average Bonchev–Trinajstić information content (AvgIpc) is 2.88. The fourth-order valence-corrected chi connectivity index (χ4v) is 4.60. The summed E-state index contributed by atoms with van der Waals surface area (Å²) in [6, 6.07) is 14.4. The highest BCUT2D eigenvalue weighted by atomic mass is 16.6. The first-order valence-corrected chi connectivity index (χ1v) is 13.3. The Morgan fingerprint density at radius 3 is 2.34 bits per heavy atom. The molecule has 1 amide bonds. The molecule has 1 atom stereocenters. The van der Waals surface area contributed by atoms with E-state index in [4.69, 9.17) is 19.4 Å². The number of benzene rings is 2. The van der Waals surface area contributed by atoms with E-state index in [1.54, 1.807) is 26.2 Å². The van der Waals surface area contributed by atoms with Crippen molar-refractivity contribution in [2.75, 3.05) is 19.4 Å². The first kappa shape index (κ1) is 27.4. The molecule has 8 nitrogen and oxygen atoms in total. The predicted molar refractivity (Wildman–Crippen MR) is 148 cm³/mol. The molecule has 0 bridgehead atoms. The Hall–Kier alpha value is -3.68. The van der Waals surface area contributed by atoms with Crippen LogP contribution in [0.2, 0.25) is 0 Å². The molecule has 8 heteroatoms. The second-order valence-electron chi connectivity index (χ2n) is 11.1. The number of carbonyl (C=O) groups is 2. The Kier molecular flexibility index (Phi) is 8.49. The number of hydrogen-bond donors (Lipinski definition) is 1. The molecule has 1 N–H and O–H groups in total. The number of anilines is 1. The van der Waals surface area contributed by atoms with Crippen LogP contribution in [0.15, 0.2) is 48.5 Å². The highest BCUT2D eigenvalue weighted by Crippen LogP contribution is 2.33. The monoisotopic (exact) mass is 518 g/mol. The highest BCUT2D eigenvalue weighted by molar-refractivity contribution is 5.91. The van der Waals surface area contributed by atoms with Gasteiger partial charge < -0.3 is 19.7 Å². The standard InChI is InChI=1S/C30H38N4O4/c1-30(2,3)38-28(35)25(19-20-15-17-22(18-16-20)37-29(36)34(4)5)32-27-23-13-9-10-14-24(23)31-26(33-27)21-11-7-6-8-12-21/h9-10,13-18,21,25H,6-8,11-12,19H2,1-5H3,(H,31,32,33)/t25-/m0/s1. The molecule has 0 saturated heterocycles. The lowest BCUT2D eigenvalue weighted by molar-refractivity contribution is -0.155. The average molecular weight is 519 g/mol. The third kappa shape index (κ3) is 7.21. The largest absolute Gasteiger partial charge is 0.458 e. The van der Waals surface area contributed by atoms with Crippen LogP contribution in [0.5, 0.6) is 5.75 Å². The summed E-state index contributed by atoms with van der Waals surface area (Å²) in [6.45, 7) is 5.57. The first-order chi connectivity index (χ1) is 18.1. The fourth-order valence-electron chi connectivity index (χ4n) is 4.60. The summed E-state index contributed by atoms with van der Waals surface area (Å²) in [5.74, 6) is 1.88. The normalized spacial score (nSPS) is 15.1. The van der Waals surface area contributed by atoms with Gasteiger partial charge in [0.15, 0.2) is 0 Å². The molecule has 0 aliphatic heterocycles. The van der Waals surface area contributed by atoms with Gasteiger partial charge in [0.2, 0.25) is 0 Å². The minimum Gasteiger partial charge on any atom is -0.458 e.